The third-order valence-electron chi connectivity index (χ3n) is 4.31. The number of aliphatic hydroxyl groups is 1. The molecule has 0 spiro atoms. The average molecular weight is 283 g/mol. The van der Waals surface area contributed by atoms with E-state index in [4.69, 9.17) is 0 Å². The Kier molecular flexibility index (Phi) is 4.45. The molecule has 0 bridgehead atoms. The number of benzene rings is 1. The van der Waals surface area contributed by atoms with Crippen molar-refractivity contribution in [3.63, 3.8) is 0 Å². The third kappa shape index (κ3) is 4.00. The van der Waals surface area contributed by atoms with E-state index in [1.54, 1.807) is 0 Å². The van der Waals surface area contributed by atoms with Gasteiger partial charge in [-0.15, -0.1) is 0 Å². The molecule has 1 saturated carbocycles. The number of nitrogens with one attached hydrogen (secondary N) is 1. The maximum absolute atomic E-state index is 13.5. The van der Waals surface area contributed by atoms with Gasteiger partial charge in [-0.05, 0) is 49.3 Å². The molecule has 2 rings (SSSR count). The molecule has 1 aliphatic rings. The molecule has 4 heteroatoms. The van der Waals surface area contributed by atoms with Crippen LogP contribution in [0.4, 0.5) is 8.78 Å². The van der Waals surface area contributed by atoms with Gasteiger partial charge in [0.1, 0.15) is 11.6 Å². The van der Waals surface area contributed by atoms with Crippen LogP contribution in [0.1, 0.15) is 45.1 Å². The van der Waals surface area contributed by atoms with Crippen LogP contribution in [-0.2, 0) is 6.54 Å². The van der Waals surface area contributed by atoms with Crippen molar-refractivity contribution in [2.75, 3.05) is 6.54 Å². The van der Waals surface area contributed by atoms with Crippen molar-refractivity contribution < 1.29 is 13.9 Å². The van der Waals surface area contributed by atoms with Crippen molar-refractivity contribution in [2.24, 2.45) is 5.41 Å². The lowest BCUT2D eigenvalue weighted by Gasteiger charge is -2.40. The zero-order chi connectivity index (χ0) is 14.8. The van der Waals surface area contributed by atoms with Crippen molar-refractivity contribution in [3.05, 3.63) is 35.4 Å². The number of hydrogen-bond acceptors (Lipinski definition) is 2. The first-order valence-electron chi connectivity index (χ1n) is 7.17. The Morgan fingerprint density at radius 3 is 2.45 bits per heavy atom. The lowest BCUT2D eigenvalue weighted by Crippen LogP contribution is -2.44. The summed E-state index contributed by atoms with van der Waals surface area (Å²) in [6.07, 6.45) is 3.47. The molecule has 112 valence electrons. The van der Waals surface area contributed by atoms with E-state index in [0.717, 1.165) is 37.8 Å². The van der Waals surface area contributed by atoms with E-state index >= 15 is 0 Å². The van der Waals surface area contributed by atoms with Crippen LogP contribution < -0.4 is 5.32 Å². The SMILES string of the molecule is CC1(C)CCC(O)(CNCc2cc(F)ccc2F)CC1. The second-order valence-electron chi connectivity index (χ2n) is 6.73. The van der Waals surface area contributed by atoms with E-state index in [-0.39, 0.29) is 6.54 Å². The van der Waals surface area contributed by atoms with Gasteiger partial charge in [0.25, 0.3) is 0 Å². The van der Waals surface area contributed by atoms with Gasteiger partial charge < -0.3 is 10.4 Å². The summed E-state index contributed by atoms with van der Waals surface area (Å²) in [5.41, 5.74) is -0.134. The molecule has 1 aromatic rings. The first-order chi connectivity index (χ1) is 9.30. The van der Waals surface area contributed by atoms with Crippen molar-refractivity contribution in [1.82, 2.24) is 5.32 Å². The topological polar surface area (TPSA) is 32.3 Å². The Balaban J connectivity index is 1.85. The quantitative estimate of drug-likeness (QED) is 0.888. The van der Waals surface area contributed by atoms with Crippen molar-refractivity contribution in [2.45, 2.75) is 51.7 Å². The molecule has 1 fully saturated rings. The molecule has 0 radical (unpaired) electrons. The fourth-order valence-corrected chi connectivity index (χ4v) is 2.68. The Bertz CT molecular complexity index is 464. The Morgan fingerprint density at radius 1 is 1.15 bits per heavy atom. The summed E-state index contributed by atoms with van der Waals surface area (Å²) in [4.78, 5) is 0. The summed E-state index contributed by atoms with van der Waals surface area (Å²) in [5, 5.41) is 13.5. The highest BCUT2D eigenvalue weighted by atomic mass is 19.1. The van der Waals surface area contributed by atoms with Crippen LogP contribution in [0.3, 0.4) is 0 Å². The highest BCUT2D eigenvalue weighted by Crippen LogP contribution is 2.39. The van der Waals surface area contributed by atoms with Crippen LogP contribution in [0, 0.1) is 17.0 Å². The molecule has 0 aromatic heterocycles. The van der Waals surface area contributed by atoms with Crippen molar-refractivity contribution >= 4 is 0 Å². The van der Waals surface area contributed by atoms with Crippen molar-refractivity contribution in [1.29, 1.82) is 0 Å². The average Bonchev–Trinajstić information content (AvgIpc) is 2.38. The van der Waals surface area contributed by atoms with Gasteiger partial charge in [0.05, 0.1) is 5.60 Å². The number of halogens is 2. The van der Waals surface area contributed by atoms with E-state index in [1.165, 1.54) is 6.07 Å². The van der Waals surface area contributed by atoms with Gasteiger partial charge in [0.15, 0.2) is 0 Å². The summed E-state index contributed by atoms with van der Waals surface area (Å²) in [5.74, 6) is -0.864. The molecule has 0 atom stereocenters. The second-order valence-corrected chi connectivity index (χ2v) is 6.73. The predicted molar refractivity (Wildman–Crippen MR) is 75.3 cm³/mol. The monoisotopic (exact) mass is 283 g/mol. The summed E-state index contributed by atoms with van der Waals surface area (Å²) in [7, 11) is 0. The molecule has 0 aliphatic heterocycles. The largest absolute Gasteiger partial charge is 0.389 e. The predicted octanol–water partition coefficient (Wildman–Crippen LogP) is 3.39. The molecule has 1 aromatic carbocycles. The normalized spacial score (nSPS) is 20.9. The van der Waals surface area contributed by atoms with Crippen LogP contribution >= 0.6 is 0 Å². The fourth-order valence-electron chi connectivity index (χ4n) is 2.68. The van der Waals surface area contributed by atoms with Gasteiger partial charge in [-0.3, -0.25) is 0 Å². The maximum atomic E-state index is 13.5. The van der Waals surface area contributed by atoms with Gasteiger partial charge in [0.2, 0.25) is 0 Å². The van der Waals surface area contributed by atoms with Gasteiger partial charge in [-0.2, -0.15) is 0 Å². The van der Waals surface area contributed by atoms with E-state index in [1.807, 2.05) is 0 Å². The second kappa shape index (κ2) is 5.78. The summed E-state index contributed by atoms with van der Waals surface area (Å²) in [6.45, 7) is 5.07. The molecule has 1 aliphatic carbocycles. The molecule has 0 amide bonds. The minimum Gasteiger partial charge on any atom is -0.389 e. The zero-order valence-corrected chi connectivity index (χ0v) is 12.2. The fraction of sp³-hybridized carbons (Fsp3) is 0.625. The van der Waals surface area contributed by atoms with Gasteiger partial charge in [0, 0.05) is 18.7 Å². The van der Waals surface area contributed by atoms with Gasteiger partial charge >= 0.3 is 0 Å². The minimum atomic E-state index is -0.723. The van der Waals surface area contributed by atoms with Gasteiger partial charge in [-0.1, -0.05) is 13.8 Å². The molecule has 0 saturated heterocycles. The van der Waals surface area contributed by atoms with E-state index < -0.39 is 17.2 Å². The molecule has 2 nitrogen and oxygen atoms in total. The number of rotatable bonds is 4. The third-order valence-corrected chi connectivity index (χ3v) is 4.31. The first kappa shape index (κ1) is 15.4. The summed E-state index contributed by atoms with van der Waals surface area (Å²) < 4.78 is 26.5. The molecule has 2 N–H and O–H groups in total. The van der Waals surface area contributed by atoms with E-state index in [0.29, 0.717) is 17.5 Å². The Labute approximate surface area is 119 Å². The minimum absolute atomic E-state index is 0.231. The zero-order valence-electron chi connectivity index (χ0n) is 12.2. The van der Waals surface area contributed by atoms with Crippen LogP contribution in [0.25, 0.3) is 0 Å². The van der Waals surface area contributed by atoms with Crippen LogP contribution in [-0.4, -0.2) is 17.3 Å². The highest BCUT2D eigenvalue weighted by Gasteiger charge is 2.36. The summed E-state index contributed by atoms with van der Waals surface area (Å²) >= 11 is 0. The van der Waals surface area contributed by atoms with Crippen LogP contribution in [0.2, 0.25) is 0 Å². The standard InChI is InChI=1S/C16H23F2NO/c1-15(2)5-7-16(20,8-6-15)11-19-10-12-9-13(17)3-4-14(12)18/h3-4,9,19-20H,5-8,10-11H2,1-2H3. The number of hydrogen-bond donors (Lipinski definition) is 2. The Hall–Kier alpha value is -1.00. The molecule has 0 unspecified atom stereocenters. The highest BCUT2D eigenvalue weighted by molar-refractivity contribution is 5.18. The first-order valence-corrected chi connectivity index (χ1v) is 7.17. The van der Waals surface area contributed by atoms with E-state index in [2.05, 4.69) is 19.2 Å². The van der Waals surface area contributed by atoms with Crippen molar-refractivity contribution in [3.8, 4) is 0 Å². The molecular formula is C16H23F2NO. The van der Waals surface area contributed by atoms with E-state index in [9.17, 15) is 13.9 Å². The molecular weight excluding hydrogens is 260 g/mol. The Morgan fingerprint density at radius 2 is 1.80 bits per heavy atom. The molecule has 0 heterocycles. The smallest absolute Gasteiger partial charge is 0.127 e. The summed E-state index contributed by atoms with van der Waals surface area (Å²) in [6, 6.07) is 3.43. The van der Waals surface area contributed by atoms with Crippen LogP contribution in [0.5, 0.6) is 0 Å². The lowest BCUT2D eigenvalue weighted by molar-refractivity contribution is -0.0245. The maximum Gasteiger partial charge on any atom is 0.127 e. The van der Waals surface area contributed by atoms with Gasteiger partial charge in [-0.25, -0.2) is 8.78 Å². The van der Waals surface area contributed by atoms with Crippen LogP contribution in [0.15, 0.2) is 18.2 Å². The lowest BCUT2D eigenvalue weighted by atomic mass is 9.71. The molecule has 20 heavy (non-hydrogen) atoms.